The maximum absolute atomic E-state index is 4.07. The molecule has 5 rings (SSSR count). The second kappa shape index (κ2) is 3.72. The first-order valence-electron chi connectivity index (χ1n) is 6.78. The number of anilines is 1. The van der Waals surface area contributed by atoms with Crippen molar-refractivity contribution in [2.45, 2.75) is 37.3 Å². The average Bonchev–Trinajstić information content (AvgIpc) is 2.88. The molecule has 0 spiro atoms. The van der Waals surface area contributed by atoms with Crippen LogP contribution in [-0.4, -0.2) is 28.3 Å². The predicted molar refractivity (Wildman–Crippen MR) is 72.7 cm³/mol. The van der Waals surface area contributed by atoms with Crippen LogP contribution in [0, 0.1) is 0 Å². The number of nitrogens with zero attached hydrogens (tertiary/aromatic N) is 1. The molecule has 4 heteroatoms. The Morgan fingerprint density at radius 2 is 2.17 bits per heavy atom. The van der Waals surface area contributed by atoms with Gasteiger partial charge in [0.15, 0.2) is 0 Å². The smallest absolute Gasteiger partial charge is 0.0651 e. The molecule has 1 aromatic heterocycles. The highest BCUT2D eigenvalue weighted by Crippen LogP contribution is 2.36. The van der Waals surface area contributed by atoms with Crippen molar-refractivity contribution in [3.63, 3.8) is 0 Å². The molecule has 0 atom stereocenters. The van der Waals surface area contributed by atoms with Gasteiger partial charge in [0.05, 0.1) is 11.7 Å². The molecular weight excluding hydrogens is 224 g/mol. The zero-order valence-electron chi connectivity index (χ0n) is 10.4. The van der Waals surface area contributed by atoms with Gasteiger partial charge in [0, 0.05) is 29.2 Å². The predicted octanol–water partition coefficient (Wildman–Crippen LogP) is 2.26. The van der Waals surface area contributed by atoms with Gasteiger partial charge in [0.25, 0.3) is 0 Å². The topological polar surface area (TPSA) is 52.7 Å². The lowest BCUT2D eigenvalue weighted by atomic mass is 9.75. The van der Waals surface area contributed by atoms with E-state index in [0.29, 0.717) is 0 Å². The van der Waals surface area contributed by atoms with E-state index in [1.165, 1.54) is 36.8 Å². The molecule has 4 nitrogen and oxygen atoms in total. The Hall–Kier alpha value is -1.55. The summed E-state index contributed by atoms with van der Waals surface area (Å²) >= 11 is 0. The summed E-state index contributed by atoms with van der Waals surface area (Å²) in [7, 11) is 0. The number of fused-ring (bicyclic) bond motifs is 4. The Kier molecular flexibility index (Phi) is 2.14. The van der Waals surface area contributed by atoms with Crippen LogP contribution in [0.15, 0.2) is 24.4 Å². The summed E-state index contributed by atoms with van der Waals surface area (Å²) in [6, 6.07) is 7.21. The molecule has 3 heterocycles. The number of nitrogens with one attached hydrogen (secondary N) is 3. The standard InChI is InChI=1S/C14H18N4/c1-2-13-10(8-16-18-13)7-12(1)17-14-5-3-11(4-6-14)15-9-14/h1-2,7-8,11,15,17H,3-6,9H2,(H,16,18). The maximum atomic E-state index is 4.07. The summed E-state index contributed by atoms with van der Waals surface area (Å²) in [6.45, 7) is 1.10. The molecule has 18 heavy (non-hydrogen) atoms. The number of aromatic amines is 1. The molecule has 1 aromatic carbocycles. The summed E-state index contributed by atoms with van der Waals surface area (Å²) in [6.07, 6.45) is 7.07. The fourth-order valence-corrected chi connectivity index (χ4v) is 3.39. The van der Waals surface area contributed by atoms with E-state index in [2.05, 4.69) is 39.0 Å². The second-order valence-electron chi connectivity index (χ2n) is 5.73. The van der Waals surface area contributed by atoms with Gasteiger partial charge >= 0.3 is 0 Å². The molecule has 2 aromatic rings. The van der Waals surface area contributed by atoms with Gasteiger partial charge in [-0.2, -0.15) is 5.10 Å². The third kappa shape index (κ3) is 1.60. The van der Waals surface area contributed by atoms with E-state index in [9.17, 15) is 0 Å². The normalized spacial score (nSPS) is 30.8. The van der Waals surface area contributed by atoms with Gasteiger partial charge in [-0.15, -0.1) is 0 Å². The first kappa shape index (κ1) is 10.4. The lowest BCUT2D eigenvalue weighted by molar-refractivity contribution is 0.193. The average molecular weight is 242 g/mol. The van der Waals surface area contributed by atoms with E-state index in [-0.39, 0.29) is 5.54 Å². The molecule has 0 amide bonds. The first-order valence-corrected chi connectivity index (χ1v) is 6.78. The van der Waals surface area contributed by atoms with Gasteiger partial charge in [-0.05, 0) is 43.9 Å². The molecule has 3 fully saturated rings. The highest BCUT2D eigenvalue weighted by molar-refractivity contribution is 5.81. The summed E-state index contributed by atoms with van der Waals surface area (Å²) in [5, 5.41) is 15.6. The molecule has 0 radical (unpaired) electrons. The fraction of sp³-hybridized carbons (Fsp3) is 0.500. The number of rotatable bonds is 2. The molecule has 2 aliphatic heterocycles. The Bertz CT molecular complexity index is 552. The van der Waals surface area contributed by atoms with Crippen molar-refractivity contribution in [3.8, 4) is 0 Å². The Morgan fingerprint density at radius 1 is 1.28 bits per heavy atom. The summed E-state index contributed by atoms with van der Waals surface area (Å²) < 4.78 is 0. The van der Waals surface area contributed by atoms with Gasteiger partial charge in [0.1, 0.15) is 0 Å². The molecule has 1 saturated carbocycles. The number of hydrogen-bond acceptors (Lipinski definition) is 3. The van der Waals surface area contributed by atoms with Crippen LogP contribution in [0.4, 0.5) is 5.69 Å². The number of aromatic nitrogens is 2. The Morgan fingerprint density at radius 3 is 2.94 bits per heavy atom. The monoisotopic (exact) mass is 242 g/mol. The van der Waals surface area contributed by atoms with Gasteiger partial charge in [-0.1, -0.05) is 0 Å². The van der Waals surface area contributed by atoms with Crippen LogP contribution >= 0.6 is 0 Å². The van der Waals surface area contributed by atoms with Crippen molar-refractivity contribution in [2.24, 2.45) is 0 Å². The van der Waals surface area contributed by atoms with Crippen molar-refractivity contribution >= 4 is 16.6 Å². The SMILES string of the molecule is c1cc2[nH]ncc2cc1NC12CCC(CC1)NC2. The number of H-pyrrole nitrogens is 1. The third-order valence-electron chi connectivity index (χ3n) is 4.52. The molecule has 3 N–H and O–H groups in total. The van der Waals surface area contributed by atoms with Gasteiger partial charge in [-0.25, -0.2) is 0 Å². The summed E-state index contributed by atoms with van der Waals surface area (Å²) in [5.74, 6) is 0. The lowest BCUT2D eigenvalue weighted by Crippen LogP contribution is -2.59. The largest absolute Gasteiger partial charge is 0.378 e. The van der Waals surface area contributed by atoms with Gasteiger partial charge < -0.3 is 10.6 Å². The lowest BCUT2D eigenvalue weighted by Gasteiger charge is -2.48. The summed E-state index contributed by atoms with van der Waals surface area (Å²) in [5.41, 5.74) is 2.58. The van der Waals surface area contributed by atoms with E-state index >= 15 is 0 Å². The van der Waals surface area contributed by atoms with Crippen LogP contribution in [-0.2, 0) is 0 Å². The first-order chi connectivity index (χ1) is 8.83. The quantitative estimate of drug-likeness (QED) is 0.757. The van der Waals surface area contributed by atoms with Crippen LogP contribution in [0.25, 0.3) is 10.9 Å². The fourth-order valence-electron chi connectivity index (χ4n) is 3.39. The number of hydrogen-bond donors (Lipinski definition) is 3. The van der Waals surface area contributed by atoms with Crippen molar-refractivity contribution in [1.29, 1.82) is 0 Å². The zero-order chi connectivity index (χ0) is 12.0. The molecular formula is C14H18N4. The minimum Gasteiger partial charge on any atom is -0.378 e. The van der Waals surface area contributed by atoms with E-state index < -0.39 is 0 Å². The number of benzene rings is 1. The Labute approximate surface area is 106 Å². The van der Waals surface area contributed by atoms with Crippen molar-refractivity contribution in [2.75, 3.05) is 11.9 Å². The summed E-state index contributed by atoms with van der Waals surface area (Å²) in [4.78, 5) is 0. The molecule has 94 valence electrons. The van der Waals surface area contributed by atoms with Gasteiger partial charge in [-0.3, -0.25) is 5.10 Å². The highest BCUT2D eigenvalue weighted by atomic mass is 15.1. The maximum Gasteiger partial charge on any atom is 0.0651 e. The molecule has 1 aliphatic carbocycles. The van der Waals surface area contributed by atoms with E-state index in [4.69, 9.17) is 0 Å². The molecule has 2 bridgehead atoms. The molecule has 2 saturated heterocycles. The highest BCUT2D eigenvalue weighted by Gasteiger charge is 2.39. The van der Waals surface area contributed by atoms with E-state index in [1.54, 1.807) is 0 Å². The van der Waals surface area contributed by atoms with Crippen LogP contribution in [0.5, 0.6) is 0 Å². The van der Waals surface area contributed by atoms with Gasteiger partial charge in [0.2, 0.25) is 0 Å². The molecule has 0 unspecified atom stereocenters. The number of piperidine rings is 2. The van der Waals surface area contributed by atoms with Crippen molar-refractivity contribution in [3.05, 3.63) is 24.4 Å². The van der Waals surface area contributed by atoms with Crippen molar-refractivity contribution < 1.29 is 0 Å². The third-order valence-corrected chi connectivity index (χ3v) is 4.52. The van der Waals surface area contributed by atoms with Crippen LogP contribution in [0.1, 0.15) is 25.7 Å². The minimum atomic E-state index is 0.270. The van der Waals surface area contributed by atoms with E-state index in [1.807, 2.05) is 6.20 Å². The molecule has 3 aliphatic rings. The Balaban J connectivity index is 1.63. The van der Waals surface area contributed by atoms with Crippen LogP contribution in [0.2, 0.25) is 0 Å². The van der Waals surface area contributed by atoms with Crippen LogP contribution < -0.4 is 10.6 Å². The zero-order valence-corrected chi connectivity index (χ0v) is 10.4. The van der Waals surface area contributed by atoms with Crippen LogP contribution in [0.3, 0.4) is 0 Å². The van der Waals surface area contributed by atoms with Crippen molar-refractivity contribution in [1.82, 2.24) is 15.5 Å². The second-order valence-corrected chi connectivity index (χ2v) is 5.73. The van der Waals surface area contributed by atoms with E-state index in [0.717, 1.165) is 18.1 Å². The minimum absolute atomic E-state index is 0.270.